The lowest BCUT2D eigenvalue weighted by Gasteiger charge is -2.09. The molecule has 9 nitrogen and oxygen atoms in total. The number of hydrogen-bond acceptors (Lipinski definition) is 11. The Balaban J connectivity index is 0.000000316. The van der Waals surface area contributed by atoms with Crippen LogP contribution in [-0.2, 0) is 14.2 Å². The number of benzene rings is 3. The Bertz CT molecular complexity index is 1380. The van der Waals surface area contributed by atoms with Crippen molar-refractivity contribution in [2.45, 2.75) is 30.6 Å². The smallest absolute Gasteiger partial charge is 0.341 e. The minimum absolute atomic E-state index is 0.0870. The Kier molecular flexibility index (Phi) is 16.8. The summed E-state index contributed by atoms with van der Waals surface area (Å²) in [5.41, 5.74) is 19.4. The Morgan fingerprint density at radius 1 is 0.690 bits per heavy atom. The maximum absolute atomic E-state index is 13.0. The Morgan fingerprint density at radius 2 is 1.12 bits per heavy atom. The van der Waals surface area contributed by atoms with E-state index in [0.29, 0.717) is 35.7 Å². The minimum Gasteiger partial charge on any atom is -0.462 e. The average molecular weight is 732 g/mol. The molecule has 0 atom stereocenters. The first-order valence-corrected chi connectivity index (χ1v) is 16.1. The van der Waals surface area contributed by atoms with Crippen molar-refractivity contribution in [3.63, 3.8) is 0 Å². The third kappa shape index (κ3) is 11.6. The number of carbonyl (C=O) groups excluding carboxylic acids is 3. The number of carbonyl (C=O) groups is 3. The van der Waals surface area contributed by atoms with Crippen molar-refractivity contribution < 1.29 is 33.0 Å². The van der Waals surface area contributed by atoms with Gasteiger partial charge in [-0.25, -0.2) is 18.8 Å². The molecule has 3 rings (SSSR count). The predicted octanol–water partition coefficient (Wildman–Crippen LogP) is 6.52. The molecule has 0 spiro atoms. The van der Waals surface area contributed by atoms with Crippen LogP contribution in [0.2, 0.25) is 0 Å². The van der Waals surface area contributed by atoms with Gasteiger partial charge in [0.25, 0.3) is 0 Å². The van der Waals surface area contributed by atoms with E-state index in [4.69, 9.17) is 26.7 Å². The molecule has 0 heterocycles. The number of anilines is 3. The highest BCUT2D eigenvalue weighted by Gasteiger charge is 2.15. The standard InChI is InChI=1S/C10H12INO2S.C10H13NO2S.C9H10FNO2/c1-3-14-10(13)6-4-7(11)8(12)5-9(6)15-2;1-3-13-10(12)8-5-4-7(11)6-9(8)14-2;1-2-13-9(12)7-4-3-6(11)5-8(7)10/h4-5H,3,12H2,1-2H3;4-6H,3,11H2,1-2H3;3-5H,2,11H2,1H3. The SMILES string of the molecule is CCOC(=O)c1cc(I)c(N)cc1SC.CCOC(=O)c1ccc(N)cc1F.CCOC(=O)c1ccc(N)cc1SC. The van der Waals surface area contributed by atoms with Crippen LogP contribution in [0.3, 0.4) is 0 Å². The first-order chi connectivity index (χ1) is 19.9. The van der Waals surface area contributed by atoms with Crippen LogP contribution in [-0.4, -0.2) is 50.2 Å². The van der Waals surface area contributed by atoms with E-state index in [1.807, 2.05) is 12.5 Å². The van der Waals surface area contributed by atoms with Crippen molar-refractivity contribution in [3.8, 4) is 0 Å². The third-order valence-corrected chi connectivity index (χ3v) is 7.51. The van der Waals surface area contributed by atoms with Crippen LogP contribution in [0.5, 0.6) is 0 Å². The van der Waals surface area contributed by atoms with E-state index < -0.39 is 11.8 Å². The summed E-state index contributed by atoms with van der Waals surface area (Å²) >= 11 is 5.07. The Labute approximate surface area is 267 Å². The van der Waals surface area contributed by atoms with Crippen LogP contribution >= 0.6 is 46.1 Å². The Hall–Kier alpha value is -3.17. The van der Waals surface area contributed by atoms with Gasteiger partial charge in [0.15, 0.2) is 0 Å². The van der Waals surface area contributed by atoms with E-state index in [1.54, 1.807) is 51.1 Å². The van der Waals surface area contributed by atoms with E-state index in [1.165, 1.54) is 35.7 Å². The van der Waals surface area contributed by atoms with Gasteiger partial charge in [-0.3, -0.25) is 0 Å². The van der Waals surface area contributed by atoms with Gasteiger partial charge >= 0.3 is 17.9 Å². The van der Waals surface area contributed by atoms with Gasteiger partial charge in [-0.2, -0.15) is 0 Å². The molecule has 42 heavy (non-hydrogen) atoms. The third-order valence-electron chi connectivity index (χ3n) is 5.02. The predicted molar refractivity (Wildman–Crippen MR) is 177 cm³/mol. The average Bonchev–Trinajstić information content (AvgIpc) is 2.95. The molecule has 6 N–H and O–H groups in total. The molecule has 3 aromatic carbocycles. The van der Waals surface area contributed by atoms with E-state index in [2.05, 4.69) is 27.3 Å². The molecule has 0 aliphatic carbocycles. The fraction of sp³-hybridized carbons (Fsp3) is 0.276. The molecule has 0 radical (unpaired) electrons. The van der Waals surface area contributed by atoms with E-state index >= 15 is 0 Å². The monoisotopic (exact) mass is 731 g/mol. The maximum atomic E-state index is 13.0. The lowest BCUT2D eigenvalue weighted by molar-refractivity contribution is 0.0511. The van der Waals surface area contributed by atoms with Crippen molar-refractivity contribution in [2.24, 2.45) is 0 Å². The van der Waals surface area contributed by atoms with Crippen LogP contribution in [0, 0.1) is 9.39 Å². The molecule has 0 saturated carbocycles. The number of esters is 3. The van der Waals surface area contributed by atoms with E-state index in [9.17, 15) is 18.8 Å². The van der Waals surface area contributed by atoms with Crippen LogP contribution in [0.4, 0.5) is 21.5 Å². The molecule has 228 valence electrons. The normalized spacial score (nSPS) is 9.88. The number of rotatable bonds is 8. The first-order valence-electron chi connectivity index (χ1n) is 12.6. The second-order valence-corrected chi connectivity index (χ2v) is 10.8. The first kappa shape index (κ1) is 36.9. The molecule has 3 aromatic rings. The maximum Gasteiger partial charge on any atom is 0.341 e. The van der Waals surface area contributed by atoms with Crippen molar-refractivity contribution >= 4 is 81.1 Å². The minimum atomic E-state index is -0.667. The van der Waals surface area contributed by atoms with Crippen LogP contribution in [0.1, 0.15) is 51.8 Å². The summed E-state index contributed by atoms with van der Waals surface area (Å²) in [7, 11) is 0. The molecule has 0 saturated heterocycles. The van der Waals surface area contributed by atoms with Gasteiger partial charge in [-0.1, -0.05) is 0 Å². The van der Waals surface area contributed by atoms with Gasteiger partial charge in [-0.05, 0) is 104 Å². The molecular formula is C29H35FIN3O6S2. The highest BCUT2D eigenvalue weighted by atomic mass is 127. The zero-order valence-electron chi connectivity index (χ0n) is 24.0. The zero-order chi connectivity index (χ0) is 31.8. The summed E-state index contributed by atoms with van der Waals surface area (Å²) in [5.74, 6) is -1.91. The fourth-order valence-corrected chi connectivity index (χ4v) is 4.80. The van der Waals surface area contributed by atoms with Crippen molar-refractivity contribution in [2.75, 3.05) is 49.5 Å². The summed E-state index contributed by atoms with van der Waals surface area (Å²) in [6.45, 7) is 6.23. The summed E-state index contributed by atoms with van der Waals surface area (Å²) in [6.07, 6.45) is 3.81. The summed E-state index contributed by atoms with van der Waals surface area (Å²) in [4.78, 5) is 35.8. The zero-order valence-corrected chi connectivity index (χ0v) is 27.8. The van der Waals surface area contributed by atoms with Crippen LogP contribution in [0.25, 0.3) is 0 Å². The molecule has 0 fully saturated rings. The van der Waals surface area contributed by atoms with Crippen molar-refractivity contribution in [1.29, 1.82) is 0 Å². The van der Waals surface area contributed by atoms with Gasteiger partial charge in [0.05, 0.1) is 36.5 Å². The summed E-state index contributed by atoms with van der Waals surface area (Å²) in [6, 6.07) is 12.6. The van der Waals surface area contributed by atoms with Gasteiger partial charge in [0.1, 0.15) is 5.82 Å². The molecule has 0 amide bonds. The Morgan fingerprint density at radius 3 is 1.60 bits per heavy atom. The lowest BCUT2D eigenvalue weighted by Crippen LogP contribution is -2.07. The van der Waals surface area contributed by atoms with Crippen molar-refractivity contribution in [1.82, 2.24) is 0 Å². The number of thioether (sulfide) groups is 2. The summed E-state index contributed by atoms with van der Waals surface area (Å²) in [5, 5.41) is 0. The second-order valence-electron chi connectivity index (χ2n) is 7.93. The quantitative estimate of drug-likeness (QED) is 0.0762. The van der Waals surface area contributed by atoms with Gasteiger partial charge in [0, 0.05) is 30.4 Å². The van der Waals surface area contributed by atoms with E-state index in [-0.39, 0.29) is 29.8 Å². The largest absolute Gasteiger partial charge is 0.462 e. The topological polar surface area (TPSA) is 157 Å². The lowest BCUT2D eigenvalue weighted by atomic mass is 10.2. The summed E-state index contributed by atoms with van der Waals surface area (Å²) < 4.78 is 28.4. The highest BCUT2D eigenvalue weighted by molar-refractivity contribution is 14.1. The molecule has 0 unspecified atom stereocenters. The van der Waals surface area contributed by atoms with Gasteiger partial charge in [0.2, 0.25) is 0 Å². The number of halogens is 2. The van der Waals surface area contributed by atoms with Crippen molar-refractivity contribution in [3.05, 3.63) is 74.6 Å². The molecule has 13 heteroatoms. The molecule has 0 aliphatic rings. The highest BCUT2D eigenvalue weighted by Crippen LogP contribution is 2.28. The number of hydrogen-bond donors (Lipinski definition) is 3. The second kappa shape index (κ2) is 19.1. The molecular weight excluding hydrogens is 696 g/mol. The number of nitrogen functional groups attached to an aromatic ring is 3. The van der Waals surface area contributed by atoms with E-state index in [0.717, 1.165) is 19.4 Å². The van der Waals surface area contributed by atoms with Gasteiger partial charge in [-0.15, -0.1) is 23.5 Å². The molecule has 0 aromatic heterocycles. The van der Waals surface area contributed by atoms with Gasteiger partial charge < -0.3 is 31.4 Å². The molecule has 0 bridgehead atoms. The van der Waals surface area contributed by atoms with Crippen LogP contribution in [0.15, 0.2) is 58.3 Å². The number of nitrogens with two attached hydrogens (primary N) is 3. The number of ether oxygens (including phenoxy) is 3. The van der Waals surface area contributed by atoms with Crippen LogP contribution < -0.4 is 17.2 Å². The fourth-order valence-electron chi connectivity index (χ4n) is 3.10. The molecule has 0 aliphatic heterocycles.